The van der Waals surface area contributed by atoms with Crippen LogP contribution in [-0.2, 0) is 14.4 Å². The van der Waals surface area contributed by atoms with Crippen molar-refractivity contribution < 1.29 is 29.7 Å². The zero-order valence-electron chi connectivity index (χ0n) is 10.7. The monoisotopic (exact) mass is 290 g/mol. The van der Waals surface area contributed by atoms with E-state index >= 15 is 0 Å². The fourth-order valence-electron chi connectivity index (χ4n) is 1.29. The quantitative estimate of drug-likeness (QED) is 0.152. The van der Waals surface area contributed by atoms with Crippen molar-refractivity contribution in [2.24, 2.45) is 16.5 Å². The Morgan fingerprint density at radius 3 is 2.25 bits per heavy atom. The number of carbonyl (C=O) groups excluding carboxylic acids is 1. The van der Waals surface area contributed by atoms with E-state index in [1.54, 1.807) is 0 Å². The third-order valence-electron chi connectivity index (χ3n) is 2.23. The summed E-state index contributed by atoms with van der Waals surface area (Å²) < 4.78 is 0. The predicted octanol–water partition coefficient (Wildman–Crippen LogP) is -2.55. The number of hydrogen-bond acceptors (Lipinski definition) is 5. The van der Waals surface area contributed by atoms with Crippen molar-refractivity contribution in [3.63, 3.8) is 0 Å². The zero-order chi connectivity index (χ0) is 15.7. The summed E-state index contributed by atoms with van der Waals surface area (Å²) in [6.45, 7) is 0.194. The Balaban J connectivity index is 4.33. The Hall–Kier alpha value is -2.36. The lowest BCUT2D eigenvalue weighted by molar-refractivity contribution is -0.146. The highest BCUT2D eigenvalue weighted by Gasteiger charge is 2.24. The second-order valence-corrected chi connectivity index (χ2v) is 3.96. The number of hydrogen-bond donors (Lipinski definition) is 6. The summed E-state index contributed by atoms with van der Waals surface area (Å²) in [5, 5.41) is 28.6. The van der Waals surface area contributed by atoms with Gasteiger partial charge in [-0.2, -0.15) is 0 Å². The number of nitrogens with two attached hydrogens (primary N) is 2. The third kappa shape index (κ3) is 7.87. The lowest BCUT2D eigenvalue weighted by Crippen LogP contribution is -2.46. The van der Waals surface area contributed by atoms with Gasteiger partial charge in [0.1, 0.15) is 12.1 Å². The number of aliphatic hydroxyl groups excluding tert-OH is 1. The first-order chi connectivity index (χ1) is 9.23. The molecule has 10 nitrogen and oxygen atoms in total. The molecule has 1 unspecified atom stereocenters. The molecule has 20 heavy (non-hydrogen) atoms. The van der Waals surface area contributed by atoms with Gasteiger partial charge in [0.25, 0.3) is 0 Å². The molecule has 114 valence electrons. The van der Waals surface area contributed by atoms with Gasteiger partial charge in [0.2, 0.25) is 5.91 Å². The van der Waals surface area contributed by atoms with E-state index in [0.29, 0.717) is 6.42 Å². The van der Waals surface area contributed by atoms with Crippen LogP contribution in [0.25, 0.3) is 0 Å². The largest absolute Gasteiger partial charge is 0.481 e. The minimum atomic E-state index is -1.80. The average molecular weight is 290 g/mol. The van der Waals surface area contributed by atoms with Crippen molar-refractivity contribution in [3.8, 4) is 0 Å². The van der Waals surface area contributed by atoms with Crippen LogP contribution in [0.15, 0.2) is 4.99 Å². The minimum Gasteiger partial charge on any atom is -0.481 e. The van der Waals surface area contributed by atoms with Gasteiger partial charge in [0, 0.05) is 6.54 Å². The fourth-order valence-corrected chi connectivity index (χ4v) is 1.29. The van der Waals surface area contributed by atoms with Crippen molar-refractivity contribution in [1.82, 2.24) is 5.32 Å². The Morgan fingerprint density at radius 1 is 1.20 bits per heavy atom. The summed E-state index contributed by atoms with van der Waals surface area (Å²) in [6, 6.07) is -1.25. The molecule has 0 saturated heterocycles. The number of carboxylic acid groups (broad SMARTS) is 2. The smallest absolute Gasteiger partial charge is 0.326 e. The molecule has 0 rings (SSSR count). The number of aliphatic hydroxyl groups is 1. The summed E-state index contributed by atoms with van der Waals surface area (Å²) in [6.07, 6.45) is -2.26. The molecule has 0 aliphatic rings. The number of carboxylic acids is 2. The molecule has 0 heterocycles. The first kappa shape index (κ1) is 17.6. The number of carbonyl (C=O) groups is 3. The molecule has 8 N–H and O–H groups in total. The van der Waals surface area contributed by atoms with E-state index in [0.717, 1.165) is 0 Å². The van der Waals surface area contributed by atoms with Gasteiger partial charge in [-0.3, -0.25) is 14.6 Å². The number of aliphatic imine (C=N–C) groups is 1. The molecule has 0 bridgehead atoms. The van der Waals surface area contributed by atoms with E-state index in [2.05, 4.69) is 4.99 Å². The molecule has 10 heteroatoms. The maximum Gasteiger partial charge on any atom is 0.326 e. The molecule has 0 aromatic rings. The summed E-state index contributed by atoms with van der Waals surface area (Å²) in [4.78, 5) is 36.3. The number of nitrogens with zero attached hydrogens (tertiary/aromatic N) is 1. The molecule has 0 aliphatic heterocycles. The second kappa shape index (κ2) is 8.69. The Bertz CT molecular complexity index is 393. The summed E-state index contributed by atoms with van der Waals surface area (Å²) >= 11 is 0. The van der Waals surface area contributed by atoms with E-state index in [4.69, 9.17) is 21.7 Å². The number of aliphatic carboxylic acids is 2. The summed E-state index contributed by atoms with van der Waals surface area (Å²) in [5.74, 6) is -3.85. The lowest BCUT2D eigenvalue weighted by Gasteiger charge is -2.16. The van der Waals surface area contributed by atoms with E-state index in [1.807, 2.05) is 5.32 Å². The Labute approximate surface area is 114 Å². The molecular formula is C10H18N4O6. The minimum absolute atomic E-state index is 0.0393. The van der Waals surface area contributed by atoms with Gasteiger partial charge in [-0.15, -0.1) is 0 Å². The maximum atomic E-state index is 11.4. The Morgan fingerprint density at radius 2 is 1.80 bits per heavy atom. The van der Waals surface area contributed by atoms with Crippen molar-refractivity contribution in [1.29, 1.82) is 0 Å². The number of amides is 1. The molecule has 0 spiro atoms. The highest BCUT2D eigenvalue weighted by atomic mass is 16.4. The molecule has 0 radical (unpaired) electrons. The van der Waals surface area contributed by atoms with Crippen molar-refractivity contribution >= 4 is 23.8 Å². The van der Waals surface area contributed by atoms with Crippen LogP contribution in [0.4, 0.5) is 0 Å². The molecule has 0 aromatic carbocycles. The fraction of sp³-hybridized carbons (Fsp3) is 0.600. The van der Waals surface area contributed by atoms with Gasteiger partial charge < -0.3 is 32.1 Å². The van der Waals surface area contributed by atoms with Crippen molar-refractivity contribution in [3.05, 3.63) is 0 Å². The molecule has 0 fully saturated rings. The van der Waals surface area contributed by atoms with Gasteiger partial charge in [-0.1, -0.05) is 0 Å². The lowest BCUT2D eigenvalue weighted by atomic mass is 10.1. The van der Waals surface area contributed by atoms with Gasteiger partial charge >= 0.3 is 11.9 Å². The first-order valence-electron chi connectivity index (χ1n) is 5.72. The van der Waals surface area contributed by atoms with Crippen LogP contribution in [0.2, 0.25) is 0 Å². The first-order valence-corrected chi connectivity index (χ1v) is 5.72. The Kier molecular flexibility index (Phi) is 7.67. The van der Waals surface area contributed by atoms with Crippen molar-refractivity contribution in [2.45, 2.75) is 31.4 Å². The third-order valence-corrected chi connectivity index (χ3v) is 2.23. The van der Waals surface area contributed by atoms with E-state index in [1.165, 1.54) is 0 Å². The van der Waals surface area contributed by atoms with Gasteiger partial charge in [-0.25, -0.2) is 4.79 Å². The second-order valence-electron chi connectivity index (χ2n) is 3.96. The van der Waals surface area contributed by atoms with E-state index < -0.39 is 36.4 Å². The molecule has 2 atom stereocenters. The number of nitrogens with one attached hydrogen (secondary N) is 1. The van der Waals surface area contributed by atoms with Crippen LogP contribution < -0.4 is 16.8 Å². The maximum absolute atomic E-state index is 11.4. The molecule has 1 amide bonds. The van der Waals surface area contributed by atoms with E-state index in [-0.39, 0.29) is 18.9 Å². The van der Waals surface area contributed by atoms with Crippen LogP contribution in [0, 0.1) is 0 Å². The highest BCUT2D eigenvalue weighted by Crippen LogP contribution is 2.01. The molecule has 0 saturated carbocycles. The number of rotatable bonds is 9. The van der Waals surface area contributed by atoms with Crippen LogP contribution in [0.3, 0.4) is 0 Å². The summed E-state index contributed by atoms with van der Waals surface area (Å²) in [5.41, 5.74) is 10.2. The average Bonchev–Trinajstić information content (AvgIpc) is 2.31. The van der Waals surface area contributed by atoms with Crippen LogP contribution in [-0.4, -0.2) is 57.8 Å². The zero-order valence-corrected chi connectivity index (χ0v) is 10.7. The van der Waals surface area contributed by atoms with Crippen LogP contribution >= 0.6 is 0 Å². The van der Waals surface area contributed by atoms with E-state index in [9.17, 15) is 19.5 Å². The van der Waals surface area contributed by atoms with Gasteiger partial charge in [0.05, 0.1) is 6.42 Å². The normalized spacial score (nSPS) is 13.1. The molecule has 0 aromatic heterocycles. The van der Waals surface area contributed by atoms with Crippen LogP contribution in [0.1, 0.15) is 19.3 Å². The highest BCUT2D eigenvalue weighted by molar-refractivity contribution is 5.88. The standard InChI is InChI=1S/C10H18N4O6/c11-10(12)13-3-1-2-5(9(19)20)14-8(18)6(15)4-7(16)17/h5-6,15H,1-4H2,(H,14,18)(H,16,17)(H,19,20)(H4,11,12,13)/t5-,6?/m0/s1. The predicted molar refractivity (Wildman–Crippen MR) is 67.7 cm³/mol. The molecular weight excluding hydrogens is 272 g/mol. The summed E-state index contributed by atoms with van der Waals surface area (Å²) in [7, 11) is 0. The number of guanidine groups is 1. The van der Waals surface area contributed by atoms with Gasteiger partial charge in [0.15, 0.2) is 5.96 Å². The molecule has 0 aliphatic carbocycles. The SMILES string of the molecule is NC(N)=NCCC[C@H](NC(=O)C(O)CC(=O)O)C(=O)O. The van der Waals surface area contributed by atoms with Gasteiger partial charge in [-0.05, 0) is 12.8 Å². The van der Waals surface area contributed by atoms with Crippen LogP contribution in [0.5, 0.6) is 0 Å². The van der Waals surface area contributed by atoms with Crippen molar-refractivity contribution in [2.75, 3.05) is 6.54 Å². The topological polar surface area (TPSA) is 188 Å².